The first-order valence-electron chi connectivity index (χ1n) is 6.42. The van der Waals surface area contributed by atoms with E-state index in [1.54, 1.807) is 6.08 Å². The summed E-state index contributed by atoms with van der Waals surface area (Å²) in [6.07, 6.45) is 3.62. The fourth-order valence-corrected chi connectivity index (χ4v) is 2.09. The SMILES string of the molecule is C=Cc1ccc2c(Cl)cc(/C(C)=C/N=C(C)C)nc2c1. The van der Waals surface area contributed by atoms with Gasteiger partial charge >= 0.3 is 0 Å². The molecule has 0 atom stereocenters. The molecule has 0 aliphatic rings. The summed E-state index contributed by atoms with van der Waals surface area (Å²) in [7, 11) is 0. The molecule has 0 aliphatic carbocycles. The van der Waals surface area contributed by atoms with Gasteiger partial charge in [-0.1, -0.05) is 36.4 Å². The molecule has 0 amide bonds. The van der Waals surface area contributed by atoms with Crippen molar-refractivity contribution < 1.29 is 0 Å². The average Bonchev–Trinajstić information content (AvgIpc) is 2.43. The Hall–Kier alpha value is -1.93. The number of rotatable bonds is 3. The lowest BCUT2D eigenvalue weighted by Crippen LogP contribution is -1.90. The second-order valence-corrected chi connectivity index (χ2v) is 5.27. The molecule has 3 heteroatoms. The van der Waals surface area contributed by atoms with Crippen molar-refractivity contribution in [2.75, 3.05) is 0 Å². The van der Waals surface area contributed by atoms with Crippen LogP contribution in [0.2, 0.25) is 5.02 Å². The van der Waals surface area contributed by atoms with Crippen LogP contribution in [0.5, 0.6) is 0 Å². The first-order valence-corrected chi connectivity index (χ1v) is 6.80. The van der Waals surface area contributed by atoms with Crippen LogP contribution in [0, 0.1) is 0 Å². The van der Waals surface area contributed by atoms with Crippen LogP contribution in [0.25, 0.3) is 22.6 Å². The standard InChI is InChI=1S/C17H17ClN2/c1-5-13-6-7-14-15(18)9-16(20-17(14)8-13)12(4)10-19-11(2)3/h5-10H,1H2,2-4H3/b12-10+. The van der Waals surface area contributed by atoms with Crippen molar-refractivity contribution in [2.45, 2.75) is 20.8 Å². The van der Waals surface area contributed by atoms with Crippen molar-refractivity contribution in [1.82, 2.24) is 4.98 Å². The smallest absolute Gasteiger partial charge is 0.0730 e. The normalized spacial score (nSPS) is 11.5. The molecule has 0 unspecified atom stereocenters. The maximum Gasteiger partial charge on any atom is 0.0730 e. The van der Waals surface area contributed by atoms with Gasteiger partial charge in [0.05, 0.1) is 16.2 Å². The molecule has 0 saturated heterocycles. The summed E-state index contributed by atoms with van der Waals surface area (Å²) >= 11 is 6.34. The third-order valence-corrected chi connectivity index (χ3v) is 3.25. The zero-order chi connectivity index (χ0) is 14.7. The highest BCUT2D eigenvalue weighted by atomic mass is 35.5. The van der Waals surface area contributed by atoms with Crippen LogP contribution < -0.4 is 0 Å². The van der Waals surface area contributed by atoms with Gasteiger partial charge in [-0.2, -0.15) is 0 Å². The molecule has 102 valence electrons. The number of fused-ring (bicyclic) bond motifs is 1. The minimum absolute atomic E-state index is 0.700. The minimum Gasteiger partial charge on any atom is -0.266 e. The number of benzene rings is 1. The summed E-state index contributed by atoms with van der Waals surface area (Å²) in [5, 5.41) is 1.65. The molecule has 0 saturated carbocycles. The van der Waals surface area contributed by atoms with Gasteiger partial charge in [-0.3, -0.25) is 4.99 Å². The number of pyridine rings is 1. The molecular formula is C17H17ClN2. The molecule has 1 aromatic carbocycles. The lowest BCUT2D eigenvalue weighted by molar-refractivity contribution is 1.32. The molecule has 2 nitrogen and oxygen atoms in total. The van der Waals surface area contributed by atoms with Gasteiger partial charge in [0.15, 0.2) is 0 Å². The fraction of sp³-hybridized carbons (Fsp3) is 0.176. The Morgan fingerprint density at radius 1 is 1.25 bits per heavy atom. The zero-order valence-corrected chi connectivity index (χ0v) is 12.7. The van der Waals surface area contributed by atoms with Crippen LogP contribution in [0.15, 0.2) is 42.0 Å². The molecule has 0 bridgehead atoms. The predicted octanol–water partition coefficient (Wildman–Crippen LogP) is 5.37. The first kappa shape index (κ1) is 14.5. The summed E-state index contributed by atoms with van der Waals surface area (Å²) < 4.78 is 0. The molecule has 2 rings (SSSR count). The van der Waals surface area contributed by atoms with Crippen LogP contribution in [0.4, 0.5) is 0 Å². The van der Waals surface area contributed by atoms with E-state index < -0.39 is 0 Å². The minimum atomic E-state index is 0.700. The van der Waals surface area contributed by atoms with Crippen molar-refractivity contribution in [1.29, 1.82) is 0 Å². The van der Waals surface area contributed by atoms with Crippen LogP contribution in [-0.2, 0) is 0 Å². The zero-order valence-electron chi connectivity index (χ0n) is 11.9. The second-order valence-electron chi connectivity index (χ2n) is 4.86. The molecule has 0 fully saturated rings. The largest absolute Gasteiger partial charge is 0.266 e. The predicted molar refractivity (Wildman–Crippen MR) is 89.3 cm³/mol. The van der Waals surface area contributed by atoms with Crippen molar-refractivity contribution >= 4 is 39.9 Å². The summed E-state index contributed by atoms with van der Waals surface area (Å²) in [6.45, 7) is 9.68. The summed E-state index contributed by atoms with van der Waals surface area (Å²) in [4.78, 5) is 8.95. The Labute approximate surface area is 124 Å². The Morgan fingerprint density at radius 3 is 2.65 bits per heavy atom. The number of allylic oxidation sites excluding steroid dienone is 1. The van der Waals surface area contributed by atoms with E-state index in [1.807, 2.05) is 51.2 Å². The third-order valence-electron chi connectivity index (χ3n) is 2.94. The number of aliphatic imine (C=N–C) groups is 1. The average molecular weight is 285 g/mol. The lowest BCUT2D eigenvalue weighted by atomic mass is 10.1. The Kier molecular flexibility index (Phi) is 4.35. The van der Waals surface area contributed by atoms with Crippen LogP contribution in [0.3, 0.4) is 0 Å². The van der Waals surface area contributed by atoms with Crippen molar-refractivity contribution in [3.63, 3.8) is 0 Å². The van der Waals surface area contributed by atoms with E-state index in [9.17, 15) is 0 Å². The molecule has 0 N–H and O–H groups in total. The molecular weight excluding hydrogens is 268 g/mol. The number of hydrogen-bond acceptors (Lipinski definition) is 2. The maximum atomic E-state index is 6.34. The molecule has 1 heterocycles. The van der Waals surface area contributed by atoms with Crippen molar-refractivity contribution in [3.05, 3.63) is 53.3 Å². The van der Waals surface area contributed by atoms with E-state index in [4.69, 9.17) is 11.6 Å². The van der Waals surface area contributed by atoms with E-state index in [1.165, 1.54) is 0 Å². The van der Waals surface area contributed by atoms with Crippen LogP contribution in [-0.4, -0.2) is 10.7 Å². The number of halogens is 1. The molecule has 0 spiro atoms. The Morgan fingerprint density at radius 2 is 2.00 bits per heavy atom. The van der Waals surface area contributed by atoms with Crippen molar-refractivity contribution in [3.8, 4) is 0 Å². The highest BCUT2D eigenvalue weighted by Crippen LogP contribution is 2.27. The second kappa shape index (κ2) is 6.02. The topological polar surface area (TPSA) is 25.2 Å². The quantitative estimate of drug-likeness (QED) is 0.695. The highest BCUT2D eigenvalue weighted by Gasteiger charge is 2.06. The van der Waals surface area contributed by atoms with Gasteiger partial charge in [0, 0.05) is 17.3 Å². The van der Waals surface area contributed by atoms with E-state index in [0.717, 1.165) is 33.4 Å². The van der Waals surface area contributed by atoms with Gasteiger partial charge in [0.25, 0.3) is 0 Å². The fourth-order valence-electron chi connectivity index (χ4n) is 1.82. The molecule has 1 aromatic heterocycles. The van der Waals surface area contributed by atoms with E-state index in [0.29, 0.717) is 5.02 Å². The number of nitrogens with zero attached hydrogens (tertiary/aromatic N) is 2. The Bertz CT molecular complexity index is 723. The first-order chi connectivity index (χ1) is 9.51. The van der Waals surface area contributed by atoms with Gasteiger partial charge in [0.2, 0.25) is 0 Å². The molecule has 0 aliphatic heterocycles. The lowest BCUT2D eigenvalue weighted by Gasteiger charge is -2.06. The van der Waals surface area contributed by atoms with Gasteiger partial charge in [0.1, 0.15) is 0 Å². The molecule has 2 aromatic rings. The summed E-state index contributed by atoms with van der Waals surface area (Å²) in [5.74, 6) is 0. The van der Waals surface area contributed by atoms with Crippen LogP contribution in [0.1, 0.15) is 32.0 Å². The van der Waals surface area contributed by atoms with Crippen LogP contribution >= 0.6 is 11.6 Å². The van der Waals surface area contributed by atoms with Crippen molar-refractivity contribution in [2.24, 2.45) is 4.99 Å². The summed E-state index contributed by atoms with van der Waals surface area (Å²) in [5.41, 5.74) is 4.73. The van der Waals surface area contributed by atoms with E-state index >= 15 is 0 Å². The summed E-state index contributed by atoms with van der Waals surface area (Å²) in [6, 6.07) is 7.82. The van der Waals surface area contributed by atoms with Gasteiger partial charge in [-0.15, -0.1) is 0 Å². The maximum absolute atomic E-state index is 6.34. The number of hydrogen-bond donors (Lipinski definition) is 0. The highest BCUT2D eigenvalue weighted by molar-refractivity contribution is 6.35. The van der Waals surface area contributed by atoms with E-state index in [2.05, 4.69) is 16.6 Å². The molecule has 20 heavy (non-hydrogen) atoms. The Balaban J connectivity index is 2.58. The van der Waals surface area contributed by atoms with Gasteiger partial charge in [-0.25, -0.2) is 4.98 Å². The third kappa shape index (κ3) is 3.14. The number of aromatic nitrogens is 1. The van der Waals surface area contributed by atoms with Gasteiger partial charge in [-0.05, 0) is 44.0 Å². The monoisotopic (exact) mass is 284 g/mol. The van der Waals surface area contributed by atoms with Gasteiger partial charge < -0.3 is 0 Å². The van der Waals surface area contributed by atoms with E-state index in [-0.39, 0.29) is 0 Å². The molecule has 0 radical (unpaired) electrons.